The summed E-state index contributed by atoms with van der Waals surface area (Å²) in [6, 6.07) is 16.0. The molecular weight excluding hydrogens is 553 g/mol. The summed E-state index contributed by atoms with van der Waals surface area (Å²) in [7, 11) is 1.81. The van der Waals surface area contributed by atoms with E-state index in [0.717, 1.165) is 22.6 Å². The van der Waals surface area contributed by atoms with E-state index in [1.54, 1.807) is 38.9 Å². The number of piperazine rings is 1. The lowest BCUT2D eigenvalue weighted by Crippen LogP contribution is -2.51. The van der Waals surface area contributed by atoms with Gasteiger partial charge in [-0.05, 0) is 47.5 Å². The summed E-state index contributed by atoms with van der Waals surface area (Å²) in [5, 5.41) is 29.9. The Morgan fingerprint density at radius 2 is 1.72 bits per heavy atom. The number of nitrogens with zero attached hydrogens (tertiary/aromatic N) is 5. The van der Waals surface area contributed by atoms with E-state index in [0.29, 0.717) is 44.0 Å². The third-order valence-corrected chi connectivity index (χ3v) is 7.77. The van der Waals surface area contributed by atoms with Crippen LogP contribution in [-0.2, 0) is 26.7 Å². The molecule has 0 bridgehead atoms. The van der Waals surface area contributed by atoms with Crippen molar-refractivity contribution in [1.29, 1.82) is 0 Å². The lowest BCUT2D eigenvalue weighted by Gasteiger charge is -2.34. The maximum absolute atomic E-state index is 15.3. The standard InChI is InChI=1S/C31H32FN7O4/c1-36-29-22(17-34-36)19-39(28-5-3-2-4-27(28)35-29)30(42)25-7-6-20(14-26(25)32)16-33-31(43)38-10-8-37(9-11-38)18-21-12-23(40)15-24(41)13-21/h2-7,12-15,17,35,40-41H,8-11,16,18-19H2,1H3,(H,33,43). The lowest BCUT2D eigenvalue weighted by molar-refractivity contribution is 0.0981. The molecule has 6 rings (SSSR count). The Hall–Kier alpha value is -5.10. The SMILES string of the molecule is Cn1ncc2c1Nc1ccccc1N(C(=O)c1ccc(CNC(=O)N3CCN(Cc4cc(O)cc(O)c4)CC3)cc1F)C2. The van der Waals surface area contributed by atoms with Gasteiger partial charge in [0, 0.05) is 57.9 Å². The molecule has 0 spiro atoms. The number of para-hydroxylation sites is 2. The Morgan fingerprint density at radius 1 is 0.977 bits per heavy atom. The summed E-state index contributed by atoms with van der Waals surface area (Å²) in [4.78, 5) is 31.8. The number of anilines is 3. The van der Waals surface area contributed by atoms with Crippen LogP contribution in [0.5, 0.6) is 11.5 Å². The number of phenols is 2. The molecule has 3 amide bonds. The fourth-order valence-electron chi connectivity index (χ4n) is 5.53. The second-order valence-electron chi connectivity index (χ2n) is 10.8. The molecule has 222 valence electrons. The molecule has 43 heavy (non-hydrogen) atoms. The van der Waals surface area contributed by atoms with Crippen molar-refractivity contribution in [1.82, 2.24) is 24.9 Å². The number of benzene rings is 3. The van der Waals surface area contributed by atoms with Crippen LogP contribution in [0.4, 0.5) is 26.4 Å². The maximum Gasteiger partial charge on any atom is 0.317 e. The van der Waals surface area contributed by atoms with Gasteiger partial charge in [-0.15, -0.1) is 0 Å². The Balaban J connectivity index is 1.07. The number of phenolic OH excluding ortho intramolecular Hbond substituents is 2. The predicted molar refractivity (Wildman–Crippen MR) is 159 cm³/mol. The van der Waals surface area contributed by atoms with Crippen molar-refractivity contribution < 1.29 is 24.2 Å². The molecule has 0 radical (unpaired) electrons. The molecule has 0 aliphatic carbocycles. The van der Waals surface area contributed by atoms with Gasteiger partial charge in [-0.25, -0.2) is 9.18 Å². The number of hydrogen-bond donors (Lipinski definition) is 4. The van der Waals surface area contributed by atoms with E-state index in [2.05, 4.69) is 20.6 Å². The number of aryl methyl sites for hydroxylation is 1. The van der Waals surface area contributed by atoms with Crippen molar-refractivity contribution in [3.05, 3.63) is 94.9 Å². The Morgan fingerprint density at radius 3 is 2.47 bits per heavy atom. The minimum absolute atomic E-state index is 0.00903. The van der Waals surface area contributed by atoms with E-state index in [9.17, 15) is 19.8 Å². The number of nitrogens with one attached hydrogen (secondary N) is 2. The summed E-state index contributed by atoms with van der Waals surface area (Å²) in [6.45, 7) is 3.16. The fourth-order valence-corrected chi connectivity index (χ4v) is 5.53. The van der Waals surface area contributed by atoms with Crippen LogP contribution in [0, 0.1) is 5.82 Å². The molecule has 1 saturated heterocycles. The van der Waals surface area contributed by atoms with Gasteiger partial charge in [-0.3, -0.25) is 14.4 Å². The Bertz CT molecular complexity index is 1660. The smallest absolute Gasteiger partial charge is 0.317 e. The normalized spacial score (nSPS) is 14.8. The number of aromatic hydroxyl groups is 2. The van der Waals surface area contributed by atoms with Crippen LogP contribution in [0.2, 0.25) is 0 Å². The first-order valence-electron chi connectivity index (χ1n) is 14.0. The molecule has 3 heterocycles. The van der Waals surface area contributed by atoms with E-state index < -0.39 is 11.7 Å². The number of rotatable bonds is 5. The highest BCUT2D eigenvalue weighted by atomic mass is 19.1. The number of halogens is 1. The van der Waals surface area contributed by atoms with Crippen LogP contribution in [-0.4, -0.2) is 67.9 Å². The van der Waals surface area contributed by atoms with Gasteiger partial charge in [-0.1, -0.05) is 18.2 Å². The largest absolute Gasteiger partial charge is 0.508 e. The Kier molecular flexibility index (Phi) is 7.59. The van der Waals surface area contributed by atoms with Crippen LogP contribution < -0.4 is 15.5 Å². The van der Waals surface area contributed by atoms with E-state index in [1.165, 1.54) is 18.2 Å². The molecule has 4 aromatic rings. The second-order valence-corrected chi connectivity index (χ2v) is 10.8. The van der Waals surface area contributed by atoms with Gasteiger partial charge in [0.2, 0.25) is 0 Å². The van der Waals surface area contributed by atoms with Crippen molar-refractivity contribution in [2.24, 2.45) is 7.05 Å². The second kappa shape index (κ2) is 11.6. The number of hydrogen-bond acceptors (Lipinski definition) is 7. The summed E-state index contributed by atoms with van der Waals surface area (Å²) >= 11 is 0. The first-order valence-corrected chi connectivity index (χ1v) is 14.0. The molecule has 2 aliphatic heterocycles. The number of fused-ring (bicyclic) bond motifs is 2. The van der Waals surface area contributed by atoms with E-state index >= 15 is 4.39 Å². The summed E-state index contributed by atoms with van der Waals surface area (Å²) < 4.78 is 17.0. The highest BCUT2D eigenvalue weighted by Gasteiger charge is 2.28. The highest BCUT2D eigenvalue weighted by molar-refractivity contribution is 6.08. The summed E-state index contributed by atoms with van der Waals surface area (Å²) in [6.07, 6.45) is 1.69. The molecule has 0 saturated carbocycles. The van der Waals surface area contributed by atoms with Crippen LogP contribution in [0.3, 0.4) is 0 Å². The Labute approximate surface area is 247 Å². The van der Waals surface area contributed by atoms with Crippen molar-refractivity contribution >= 4 is 29.1 Å². The van der Waals surface area contributed by atoms with Gasteiger partial charge in [0.15, 0.2) is 0 Å². The maximum atomic E-state index is 15.3. The molecular formula is C31H32FN7O4. The number of carbonyl (C=O) groups is 2. The number of aromatic nitrogens is 2. The van der Waals surface area contributed by atoms with Crippen LogP contribution in [0.15, 0.2) is 66.9 Å². The van der Waals surface area contributed by atoms with Gasteiger partial charge in [0.05, 0.1) is 29.7 Å². The van der Waals surface area contributed by atoms with Crippen LogP contribution in [0.25, 0.3) is 0 Å². The molecule has 0 unspecified atom stereocenters. The van der Waals surface area contributed by atoms with Gasteiger partial charge >= 0.3 is 6.03 Å². The molecule has 0 atom stereocenters. The van der Waals surface area contributed by atoms with Crippen molar-refractivity contribution in [2.75, 3.05) is 36.4 Å². The van der Waals surface area contributed by atoms with Crippen molar-refractivity contribution in [3.8, 4) is 11.5 Å². The zero-order chi connectivity index (χ0) is 30.1. The predicted octanol–water partition coefficient (Wildman–Crippen LogP) is 3.90. The molecule has 12 heteroatoms. The minimum atomic E-state index is -0.663. The quantitative estimate of drug-likeness (QED) is 0.280. The van der Waals surface area contributed by atoms with E-state index in [4.69, 9.17) is 0 Å². The third-order valence-electron chi connectivity index (χ3n) is 7.77. The van der Waals surface area contributed by atoms with Crippen LogP contribution in [0.1, 0.15) is 27.0 Å². The zero-order valence-corrected chi connectivity index (χ0v) is 23.6. The topological polar surface area (TPSA) is 126 Å². The van der Waals surface area contributed by atoms with Crippen LogP contribution >= 0.6 is 0 Å². The monoisotopic (exact) mass is 585 g/mol. The first kappa shape index (κ1) is 28.0. The number of urea groups is 1. The minimum Gasteiger partial charge on any atom is -0.508 e. The molecule has 1 aromatic heterocycles. The van der Waals surface area contributed by atoms with E-state index in [-0.39, 0.29) is 36.2 Å². The van der Waals surface area contributed by atoms with Gasteiger partial charge in [-0.2, -0.15) is 5.10 Å². The zero-order valence-electron chi connectivity index (χ0n) is 23.6. The van der Waals surface area contributed by atoms with Crippen molar-refractivity contribution in [3.63, 3.8) is 0 Å². The summed E-state index contributed by atoms with van der Waals surface area (Å²) in [5.41, 5.74) is 3.44. The average Bonchev–Trinajstić information content (AvgIpc) is 3.23. The third kappa shape index (κ3) is 5.95. The highest BCUT2D eigenvalue weighted by Crippen LogP contribution is 2.36. The van der Waals surface area contributed by atoms with E-state index in [1.807, 2.05) is 31.3 Å². The number of amides is 3. The van der Waals surface area contributed by atoms with Crippen molar-refractivity contribution in [2.45, 2.75) is 19.6 Å². The fraction of sp³-hybridized carbons (Fsp3) is 0.258. The molecule has 1 fully saturated rings. The molecule has 4 N–H and O–H groups in total. The molecule has 2 aliphatic rings. The van der Waals surface area contributed by atoms with Gasteiger partial charge in [0.25, 0.3) is 5.91 Å². The van der Waals surface area contributed by atoms with Gasteiger partial charge < -0.3 is 30.6 Å². The first-order chi connectivity index (χ1) is 20.7. The number of carbonyl (C=O) groups excluding carboxylic acids is 2. The van der Waals surface area contributed by atoms with Gasteiger partial charge in [0.1, 0.15) is 23.1 Å². The molecule has 3 aromatic carbocycles. The summed E-state index contributed by atoms with van der Waals surface area (Å²) in [5.74, 6) is -0.348. The lowest BCUT2D eigenvalue weighted by atomic mass is 10.1. The average molecular weight is 586 g/mol. The molecule has 11 nitrogen and oxygen atoms in total.